The molecular formula is C29H39FN6O2. The summed E-state index contributed by atoms with van der Waals surface area (Å²) >= 11 is 0. The molecule has 2 aliphatic rings. The Hall–Kier alpha value is -3.17. The van der Waals surface area contributed by atoms with Crippen molar-refractivity contribution in [3.63, 3.8) is 0 Å². The number of aromatic nitrogens is 2. The van der Waals surface area contributed by atoms with E-state index in [0.717, 1.165) is 43.9 Å². The Balaban J connectivity index is 1.42. The highest BCUT2D eigenvalue weighted by molar-refractivity contribution is 5.98. The van der Waals surface area contributed by atoms with E-state index >= 15 is 0 Å². The second-order valence-electron chi connectivity index (χ2n) is 10.1. The molecule has 0 spiro atoms. The number of aryl methyl sites for hydroxylation is 2. The van der Waals surface area contributed by atoms with Crippen molar-refractivity contribution in [2.45, 2.75) is 58.0 Å². The lowest BCUT2D eigenvalue weighted by molar-refractivity contribution is 0.0962. The van der Waals surface area contributed by atoms with Gasteiger partial charge in [0, 0.05) is 43.6 Å². The average molecular weight is 523 g/mol. The number of nitrogens with zero attached hydrogens (tertiary/aromatic N) is 5. The van der Waals surface area contributed by atoms with Gasteiger partial charge in [0.25, 0.3) is 5.91 Å². The minimum absolute atomic E-state index is 0.0549. The molecule has 9 heteroatoms. The van der Waals surface area contributed by atoms with Gasteiger partial charge in [0.05, 0.1) is 12.8 Å². The van der Waals surface area contributed by atoms with Crippen molar-refractivity contribution < 1.29 is 13.9 Å². The second-order valence-corrected chi connectivity index (χ2v) is 10.1. The molecule has 1 aromatic carbocycles. The Morgan fingerprint density at radius 1 is 1.21 bits per heavy atom. The first-order valence-electron chi connectivity index (χ1n) is 13.5. The number of carbonyl (C=O) groups is 1. The van der Waals surface area contributed by atoms with Crippen molar-refractivity contribution in [2.75, 3.05) is 40.3 Å². The van der Waals surface area contributed by atoms with E-state index in [-0.39, 0.29) is 11.7 Å². The van der Waals surface area contributed by atoms with Gasteiger partial charge < -0.3 is 15.0 Å². The molecule has 0 saturated carbocycles. The molecule has 1 unspecified atom stereocenters. The van der Waals surface area contributed by atoms with Crippen LogP contribution in [0.1, 0.15) is 54.6 Å². The molecular weight excluding hydrogens is 483 g/mol. The highest BCUT2D eigenvalue weighted by atomic mass is 19.1. The van der Waals surface area contributed by atoms with Crippen LogP contribution in [0.5, 0.6) is 5.75 Å². The standard InChI is InChI=1S/C29H39FN6O2/c1-5-35-13-11-25(12-14-35)36-19-24(8-6-7-20(36)2)34-29-32-17-21(18-33-29)9-10-22-15-23(28(37)31-3)16-26(38-4)27(22)30/h6,8,15-18,20,25H,5,7,9-14,19H2,1-4H3,(H,31,37). The minimum Gasteiger partial charge on any atom is -0.494 e. The number of benzene rings is 1. The number of halogens is 1. The van der Waals surface area contributed by atoms with Gasteiger partial charge in [-0.3, -0.25) is 9.69 Å². The van der Waals surface area contributed by atoms with E-state index < -0.39 is 5.82 Å². The first-order valence-corrected chi connectivity index (χ1v) is 13.5. The van der Waals surface area contributed by atoms with Gasteiger partial charge in [-0.2, -0.15) is 0 Å². The van der Waals surface area contributed by atoms with Crippen LogP contribution in [0.25, 0.3) is 0 Å². The number of piperidine rings is 1. The highest BCUT2D eigenvalue weighted by Gasteiger charge is 2.28. The molecule has 1 aromatic heterocycles. The normalized spacial score (nSPS) is 20.4. The summed E-state index contributed by atoms with van der Waals surface area (Å²) in [4.78, 5) is 30.9. The number of hydrogen-bond donors (Lipinski definition) is 1. The Morgan fingerprint density at radius 3 is 2.61 bits per heavy atom. The minimum atomic E-state index is -0.455. The van der Waals surface area contributed by atoms with E-state index in [2.05, 4.69) is 51.1 Å². The summed E-state index contributed by atoms with van der Waals surface area (Å²) in [5.74, 6) is -0.260. The summed E-state index contributed by atoms with van der Waals surface area (Å²) in [5.41, 5.74) is 2.61. The predicted octanol–water partition coefficient (Wildman–Crippen LogP) is 3.98. The fourth-order valence-electron chi connectivity index (χ4n) is 5.26. The lowest BCUT2D eigenvalue weighted by Gasteiger charge is -2.40. The maximum atomic E-state index is 14.8. The van der Waals surface area contributed by atoms with Crippen molar-refractivity contribution in [1.29, 1.82) is 0 Å². The fraction of sp³-hybridized carbons (Fsp3) is 0.517. The lowest BCUT2D eigenvalue weighted by Crippen LogP contribution is -2.49. The molecule has 2 aromatic rings. The molecule has 38 heavy (non-hydrogen) atoms. The first-order chi connectivity index (χ1) is 18.4. The van der Waals surface area contributed by atoms with E-state index in [1.807, 2.05) is 0 Å². The van der Waals surface area contributed by atoms with Crippen molar-refractivity contribution in [1.82, 2.24) is 25.1 Å². The smallest absolute Gasteiger partial charge is 0.251 e. The number of hydrogen-bond acceptors (Lipinski definition) is 7. The fourth-order valence-corrected chi connectivity index (χ4v) is 5.26. The Bertz CT molecular complexity index is 1160. The monoisotopic (exact) mass is 522 g/mol. The number of ether oxygens (including phenoxy) is 1. The second kappa shape index (κ2) is 13.1. The van der Waals surface area contributed by atoms with Crippen LogP contribution in [0.4, 0.5) is 10.3 Å². The van der Waals surface area contributed by atoms with Crippen LogP contribution in [0.15, 0.2) is 41.7 Å². The zero-order chi connectivity index (χ0) is 27.1. The molecule has 204 valence electrons. The molecule has 1 atom stereocenters. The molecule has 3 heterocycles. The van der Waals surface area contributed by atoms with Crippen LogP contribution in [0.3, 0.4) is 0 Å². The third-order valence-corrected chi connectivity index (χ3v) is 7.61. The molecule has 1 saturated heterocycles. The molecule has 1 N–H and O–H groups in total. The van der Waals surface area contributed by atoms with E-state index in [0.29, 0.717) is 42.0 Å². The van der Waals surface area contributed by atoms with Crippen LogP contribution in [0, 0.1) is 5.82 Å². The van der Waals surface area contributed by atoms with Gasteiger partial charge in [-0.25, -0.2) is 19.4 Å². The van der Waals surface area contributed by atoms with Gasteiger partial charge in [0.15, 0.2) is 11.6 Å². The first kappa shape index (κ1) is 27.9. The predicted molar refractivity (Wildman–Crippen MR) is 148 cm³/mol. The molecule has 0 bridgehead atoms. The largest absolute Gasteiger partial charge is 0.494 e. The number of carbonyl (C=O) groups excluding carboxylic acids is 1. The molecule has 1 amide bonds. The van der Waals surface area contributed by atoms with Crippen molar-refractivity contribution in [2.24, 2.45) is 4.99 Å². The maximum absolute atomic E-state index is 14.8. The lowest BCUT2D eigenvalue weighted by atomic mass is 10.0. The Kier molecular flexibility index (Phi) is 9.58. The summed E-state index contributed by atoms with van der Waals surface area (Å²) in [5, 5.41) is 2.57. The van der Waals surface area contributed by atoms with E-state index in [9.17, 15) is 9.18 Å². The van der Waals surface area contributed by atoms with Crippen LogP contribution >= 0.6 is 0 Å². The van der Waals surface area contributed by atoms with E-state index in [1.54, 1.807) is 25.5 Å². The van der Waals surface area contributed by atoms with Crippen molar-refractivity contribution in [3.05, 3.63) is 59.2 Å². The number of rotatable bonds is 8. The zero-order valence-electron chi connectivity index (χ0n) is 22.9. The summed E-state index contributed by atoms with van der Waals surface area (Å²) < 4.78 is 19.9. The van der Waals surface area contributed by atoms with Crippen molar-refractivity contribution in [3.8, 4) is 5.75 Å². The number of nitrogens with one attached hydrogen (secondary N) is 1. The Labute approximate surface area is 225 Å². The SMILES string of the molecule is CCN1CCC(N2CC(=Nc3ncc(CCc4cc(C(=O)NC)cc(OC)c4F)cn3)C=CCC2C)CC1. The summed E-state index contributed by atoms with van der Waals surface area (Å²) in [6.07, 6.45) is 12.1. The molecule has 1 fully saturated rings. The van der Waals surface area contributed by atoms with E-state index in [4.69, 9.17) is 9.73 Å². The molecule has 0 aliphatic carbocycles. The summed E-state index contributed by atoms with van der Waals surface area (Å²) in [6.45, 7) is 8.75. The van der Waals surface area contributed by atoms with Gasteiger partial charge in [0.1, 0.15) is 0 Å². The van der Waals surface area contributed by atoms with Crippen LogP contribution in [-0.4, -0.2) is 83.8 Å². The third kappa shape index (κ3) is 6.82. The molecule has 4 rings (SSSR count). The van der Waals surface area contributed by atoms with Crippen LogP contribution in [0.2, 0.25) is 0 Å². The molecule has 2 aliphatic heterocycles. The maximum Gasteiger partial charge on any atom is 0.251 e. The summed E-state index contributed by atoms with van der Waals surface area (Å²) in [6, 6.07) is 4.02. The zero-order valence-corrected chi connectivity index (χ0v) is 22.9. The number of aliphatic imine (C=N–C) groups is 1. The Morgan fingerprint density at radius 2 is 1.95 bits per heavy atom. The number of methoxy groups -OCH3 is 1. The summed E-state index contributed by atoms with van der Waals surface area (Å²) in [7, 11) is 2.93. The van der Waals surface area contributed by atoms with Gasteiger partial charge in [-0.1, -0.05) is 13.0 Å². The number of amides is 1. The van der Waals surface area contributed by atoms with Gasteiger partial charge in [0.2, 0.25) is 5.95 Å². The van der Waals surface area contributed by atoms with Gasteiger partial charge in [-0.15, -0.1) is 0 Å². The molecule has 8 nitrogen and oxygen atoms in total. The van der Waals surface area contributed by atoms with Crippen LogP contribution in [-0.2, 0) is 12.8 Å². The van der Waals surface area contributed by atoms with E-state index in [1.165, 1.54) is 26.0 Å². The quantitative estimate of drug-likeness (QED) is 0.565. The third-order valence-electron chi connectivity index (χ3n) is 7.61. The topological polar surface area (TPSA) is 83.0 Å². The van der Waals surface area contributed by atoms with Crippen LogP contribution < -0.4 is 10.1 Å². The average Bonchev–Trinajstić information content (AvgIpc) is 3.13. The highest BCUT2D eigenvalue weighted by Crippen LogP contribution is 2.25. The van der Waals surface area contributed by atoms with Crippen molar-refractivity contribution >= 4 is 17.6 Å². The van der Waals surface area contributed by atoms with Gasteiger partial charge in [-0.05, 0) is 88.0 Å². The number of likely N-dealkylation sites (tertiary alicyclic amines) is 1. The van der Waals surface area contributed by atoms with Gasteiger partial charge >= 0.3 is 0 Å². The molecule has 0 radical (unpaired) electrons.